The van der Waals surface area contributed by atoms with E-state index in [1.807, 2.05) is 0 Å². The first-order valence-corrected chi connectivity index (χ1v) is 4.56. The smallest absolute Gasteiger partial charge is 0.122 e. The average molecular weight is 180 g/mol. The highest BCUT2D eigenvalue weighted by molar-refractivity contribution is 8.00. The van der Waals surface area contributed by atoms with E-state index < -0.39 is 0 Å². The predicted molar refractivity (Wildman–Crippen MR) is 45.5 cm³/mol. The molecule has 0 aromatic carbocycles. The van der Waals surface area contributed by atoms with Gasteiger partial charge in [-0.25, -0.2) is 4.99 Å². The first kappa shape index (κ1) is 7.55. The van der Waals surface area contributed by atoms with Crippen molar-refractivity contribution in [2.75, 3.05) is 5.75 Å². The zero-order valence-electron chi connectivity index (χ0n) is 4.71. The Morgan fingerprint density at radius 2 is 2.56 bits per heavy atom. The maximum Gasteiger partial charge on any atom is 0.122 e. The predicted octanol–water partition coefficient (Wildman–Crippen LogP) is 2.16. The summed E-state index contributed by atoms with van der Waals surface area (Å²) in [4.78, 5) is 3.90. The largest absolute Gasteiger partial charge is 0.217 e. The number of hydrogen-bond donors (Lipinski definition) is 0. The highest BCUT2D eigenvalue weighted by Gasteiger charge is 2.24. The summed E-state index contributed by atoms with van der Waals surface area (Å²) in [6, 6.07) is 0. The molecule has 2 atom stereocenters. The SMILES string of the molecule is S=C=NC1SCCC1Cl. The van der Waals surface area contributed by atoms with Gasteiger partial charge in [-0.15, -0.1) is 23.4 Å². The molecule has 4 heteroatoms. The molecular weight excluding hydrogens is 174 g/mol. The molecule has 1 heterocycles. The number of hydrogen-bond acceptors (Lipinski definition) is 3. The molecule has 9 heavy (non-hydrogen) atoms. The molecule has 1 aliphatic rings. The minimum atomic E-state index is 0.171. The lowest BCUT2D eigenvalue weighted by Crippen LogP contribution is -2.06. The van der Waals surface area contributed by atoms with E-state index in [1.54, 1.807) is 11.8 Å². The molecule has 0 spiro atoms. The Labute approximate surface area is 68.9 Å². The molecule has 2 unspecified atom stereocenters. The zero-order chi connectivity index (χ0) is 6.69. The van der Waals surface area contributed by atoms with Crippen LogP contribution in [0.4, 0.5) is 0 Å². The fraction of sp³-hybridized carbons (Fsp3) is 0.800. The van der Waals surface area contributed by atoms with E-state index in [0.717, 1.165) is 12.2 Å². The van der Waals surface area contributed by atoms with Crippen LogP contribution in [0.25, 0.3) is 0 Å². The minimum Gasteiger partial charge on any atom is -0.217 e. The normalized spacial score (nSPS) is 33.9. The van der Waals surface area contributed by atoms with Crippen molar-refractivity contribution in [1.82, 2.24) is 0 Å². The number of aliphatic imine (C=N–C) groups is 1. The second-order valence-electron chi connectivity index (χ2n) is 1.79. The lowest BCUT2D eigenvalue weighted by molar-refractivity contribution is 0.828. The second kappa shape index (κ2) is 3.57. The van der Waals surface area contributed by atoms with Gasteiger partial charge in [-0.2, -0.15) is 0 Å². The van der Waals surface area contributed by atoms with E-state index in [0.29, 0.717) is 0 Å². The van der Waals surface area contributed by atoms with E-state index in [4.69, 9.17) is 11.6 Å². The lowest BCUT2D eigenvalue weighted by Gasteiger charge is -2.02. The summed E-state index contributed by atoms with van der Waals surface area (Å²) in [6.07, 6.45) is 1.04. The first-order valence-electron chi connectivity index (χ1n) is 2.67. The van der Waals surface area contributed by atoms with Crippen LogP contribution in [0.3, 0.4) is 0 Å². The van der Waals surface area contributed by atoms with E-state index >= 15 is 0 Å². The van der Waals surface area contributed by atoms with Crippen molar-refractivity contribution in [2.24, 2.45) is 4.99 Å². The summed E-state index contributed by atoms with van der Waals surface area (Å²) in [5, 5.41) is 2.69. The second-order valence-corrected chi connectivity index (χ2v) is 3.75. The quantitative estimate of drug-likeness (QED) is 0.348. The number of isothiocyanates is 1. The van der Waals surface area contributed by atoms with E-state index in [2.05, 4.69) is 22.4 Å². The minimum absolute atomic E-state index is 0.171. The van der Waals surface area contributed by atoms with Gasteiger partial charge in [-0.05, 0) is 24.4 Å². The molecule has 0 amide bonds. The molecule has 0 aromatic rings. The van der Waals surface area contributed by atoms with Gasteiger partial charge in [0, 0.05) is 0 Å². The van der Waals surface area contributed by atoms with Crippen LogP contribution in [-0.2, 0) is 0 Å². The Hall–Kier alpha value is 0.440. The topological polar surface area (TPSA) is 12.4 Å². The van der Waals surface area contributed by atoms with E-state index in [1.165, 1.54) is 0 Å². The van der Waals surface area contributed by atoms with Gasteiger partial charge >= 0.3 is 0 Å². The molecule has 1 rings (SSSR count). The summed E-state index contributed by atoms with van der Waals surface area (Å²) in [5.74, 6) is 1.10. The van der Waals surface area contributed by atoms with Crippen LogP contribution in [0.2, 0.25) is 0 Å². The van der Waals surface area contributed by atoms with Crippen molar-refractivity contribution in [3.63, 3.8) is 0 Å². The summed E-state index contributed by atoms with van der Waals surface area (Å²) in [7, 11) is 0. The van der Waals surface area contributed by atoms with E-state index in [-0.39, 0.29) is 10.8 Å². The number of nitrogens with zero attached hydrogens (tertiary/aromatic N) is 1. The fourth-order valence-corrected chi connectivity index (χ4v) is 2.52. The molecule has 0 aromatic heterocycles. The van der Waals surface area contributed by atoms with E-state index in [9.17, 15) is 0 Å². The molecular formula is C5H6ClNS2. The molecule has 0 saturated carbocycles. The number of rotatable bonds is 1. The zero-order valence-corrected chi connectivity index (χ0v) is 7.10. The van der Waals surface area contributed by atoms with Crippen molar-refractivity contribution >= 4 is 40.7 Å². The third kappa shape index (κ3) is 1.94. The van der Waals surface area contributed by atoms with Crippen molar-refractivity contribution in [3.05, 3.63) is 0 Å². The molecule has 1 fully saturated rings. The van der Waals surface area contributed by atoms with Crippen LogP contribution in [0, 0.1) is 0 Å². The third-order valence-corrected chi connectivity index (χ3v) is 3.13. The lowest BCUT2D eigenvalue weighted by atomic mass is 10.3. The number of thiocarbonyl (C=S) groups is 1. The summed E-state index contributed by atoms with van der Waals surface area (Å²) in [6.45, 7) is 0. The molecule has 0 radical (unpaired) electrons. The molecule has 0 aliphatic carbocycles. The molecule has 1 nitrogen and oxygen atoms in total. The van der Waals surface area contributed by atoms with Gasteiger partial charge in [0.1, 0.15) is 5.37 Å². The van der Waals surface area contributed by atoms with Gasteiger partial charge in [0.25, 0.3) is 0 Å². The highest BCUT2D eigenvalue weighted by atomic mass is 35.5. The van der Waals surface area contributed by atoms with Gasteiger partial charge in [-0.1, -0.05) is 0 Å². The molecule has 1 aliphatic heterocycles. The van der Waals surface area contributed by atoms with Crippen LogP contribution < -0.4 is 0 Å². The molecule has 1 saturated heterocycles. The van der Waals surface area contributed by atoms with Gasteiger partial charge in [0.05, 0.1) is 10.5 Å². The highest BCUT2D eigenvalue weighted by Crippen LogP contribution is 2.31. The maximum atomic E-state index is 5.86. The van der Waals surface area contributed by atoms with Crippen molar-refractivity contribution in [2.45, 2.75) is 17.2 Å². The van der Waals surface area contributed by atoms with Crippen molar-refractivity contribution < 1.29 is 0 Å². The molecule has 0 bridgehead atoms. The monoisotopic (exact) mass is 179 g/mol. The Bertz CT molecular complexity index is 144. The van der Waals surface area contributed by atoms with Crippen LogP contribution in [-0.4, -0.2) is 21.7 Å². The Kier molecular flexibility index (Phi) is 2.99. The van der Waals surface area contributed by atoms with Crippen molar-refractivity contribution in [3.8, 4) is 0 Å². The summed E-state index contributed by atoms with van der Waals surface area (Å²) < 4.78 is 0. The number of alkyl halides is 1. The van der Waals surface area contributed by atoms with Crippen LogP contribution in [0.5, 0.6) is 0 Å². The standard InChI is InChI=1S/C5H6ClNS2/c6-4-1-2-9-5(4)7-3-8/h4-5H,1-2H2. The molecule has 50 valence electrons. The number of halogens is 1. The van der Waals surface area contributed by atoms with Crippen LogP contribution in [0.15, 0.2) is 4.99 Å². The average Bonchev–Trinajstić information content (AvgIpc) is 2.18. The Balaban J connectivity index is 2.49. The van der Waals surface area contributed by atoms with Crippen molar-refractivity contribution in [1.29, 1.82) is 0 Å². The van der Waals surface area contributed by atoms with Gasteiger partial charge in [0.2, 0.25) is 0 Å². The van der Waals surface area contributed by atoms with Gasteiger partial charge in [-0.3, -0.25) is 0 Å². The maximum absolute atomic E-state index is 5.86. The van der Waals surface area contributed by atoms with Crippen LogP contribution >= 0.6 is 35.6 Å². The first-order chi connectivity index (χ1) is 4.34. The Morgan fingerprint density at radius 1 is 1.78 bits per heavy atom. The number of thioether (sulfide) groups is 1. The summed E-state index contributed by atoms with van der Waals surface area (Å²) in [5.41, 5.74) is 0. The Morgan fingerprint density at radius 3 is 3.00 bits per heavy atom. The summed E-state index contributed by atoms with van der Waals surface area (Å²) >= 11 is 12.1. The molecule has 0 N–H and O–H groups in total. The van der Waals surface area contributed by atoms with Gasteiger partial charge < -0.3 is 0 Å². The fourth-order valence-electron chi connectivity index (χ4n) is 0.718. The van der Waals surface area contributed by atoms with Crippen LogP contribution in [0.1, 0.15) is 6.42 Å². The van der Waals surface area contributed by atoms with Gasteiger partial charge in [0.15, 0.2) is 0 Å². The third-order valence-electron chi connectivity index (χ3n) is 1.17.